The molecule has 204 valence electrons. The fourth-order valence-electron chi connectivity index (χ4n) is 3.91. The van der Waals surface area contributed by atoms with Crippen molar-refractivity contribution >= 4 is 14.4 Å². The van der Waals surface area contributed by atoms with E-state index >= 15 is 0 Å². The maximum atomic E-state index is 11.5. The third kappa shape index (κ3) is 26.5. The molecule has 0 heterocycles. The van der Waals surface area contributed by atoms with E-state index in [4.69, 9.17) is 13.8 Å². The van der Waals surface area contributed by atoms with Crippen molar-refractivity contribution in [1.82, 2.24) is 4.90 Å². The summed E-state index contributed by atoms with van der Waals surface area (Å²) < 4.78 is 16.5. The molecular weight excluding hydrogens is 449 g/mol. The van der Waals surface area contributed by atoms with Gasteiger partial charge in [-0.1, -0.05) is 96.8 Å². The van der Waals surface area contributed by atoms with Crippen LogP contribution in [0.2, 0.25) is 0 Å². The Morgan fingerprint density at radius 1 is 0.765 bits per heavy atom. The second kappa shape index (κ2) is 26.0. The zero-order chi connectivity index (χ0) is 25.3. The van der Waals surface area contributed by atoms with Crippen LogP contribution in [-0.2, 0) is 18.6 Å². The lowest BCUT2D eigenvalue weighted by atomic mass is 10.0. The lowest BCUT2D eigenvalue weighted by Gasteiger charge is -2.18. The van der Waals surface area contributed by atoms with E-state index < -0.39 is 8.60 Å². The van der Waals surface area contributed by atoms with Crippen LogP contribution in [0, 0.1) is 5.92 Å². The van der Waals surface area contributed by atoms with Crippen LogP contribution in [-0.4, -0.2) is 62.6 Å². The van der Waals surface area contributed by atoms with Gasteiger partial charge < -0.3 is 28.4 Å². The number of ether oxygens (including phenoxy) is 1. The molecule has 0 rings (SSSR count). The lowest BCUT2D eigenvalue weighted by Crippen LogP contribution is -2.20. The maximum Gasteiger partial charge on any atom is 0.329 e. The highest BCUT2D eigenvalue weighted by atomic mass is 31.2. The van der Waals surface area contributed by atoms with Crippen LogP contribution in [0.1, 0.15) is 117 Å². The minimum absolute atomic E-state index is 0.0385. The van der Waals surface area contributed by atoms with E-state index in [0.717, 1.165) is 19.6 Å². The minimum atomic E-state index is -1.90. The first-order chi connectivity index (χ1) is 16.5. The van der Waals surface area contributed by atoms with Crippen LogP contribution in [0.3, 0.4) is 0 Å². The van der Waals surface area contributed by atoms with Crippen LogP contribution in [0.15, 0.2) is 0 Å². The van der Waals surface area contributed by atoms with Crippen LogP contribution in [0.25, 0.3) is 0 Å². The normalized spacial score (nSPS) is 13.5. The first kappa shape index (κ1) is 33.9. The third-order valence-electron chi connectivity index (χ3n) is 5.98. The molecule has 0 aromatic rings. The predicted molar refractivity (Wildman–Crippen MR) is 144 cm³/mol. The molecule has 7 heteroatoms. The van der Waals surface area contributed by atoms with E-state index in [1.165, 1.54) is 89.9 Å². The van der Waals surface area contributed by atoms with Gasteiger partial charge in [0, 0.05) is 25.5 Å². The molecule has 2 atom stereocenters. The summed E-state index contributed by atoms with van der Waals surface area (Å²) in [6, 6.07) is 0. The van der Waals surface area contributed by atoms with Crippen LogP contribution >= 0.6 is 8.60 Å². The second-order valence-electron chi connectivity index (χ2n) is 9.97. The van der Waals surface area contributed by atoms with Crippen molar-refractivity contribution in [3.8, 4) is 0 Å². The Morgan fingerprint density at radius 3 is 1.74 bits per heavy atom. The van der Waals surface area contributed by atoms with E-state index in [-0.39, 0.29) is 18.3 Å². The minimum Gasteiger partial charge on any atom is -0.381 e. The molecule has 2 unspecified atom stereocenters. The Hall–Kier alpha value is -0.100. The second-order valence-corrected chi connectivity index (χ2v) is 11.0. The summed E-state index contributed by atoms with van der Waals surface area (Å²) >= 11 is 0. The molecule has 0 radical (unpaired) electrons. The van der Waals surface area contributed by atoms with E-state index in [1.54, 1.807) is 6.92 Å². The summed E-state index contributed by atoms with van der Waals surface area (Å²) in [6.45, 7) is 6.49. The monoisotopic (exact) mass is 505 g/mol. The number of rotatable bonds is 27. The summed E-state index contributed by atoms with van der Waals surface area (Å²) in [6.07, 6.45) is 20.7. The predicted octanol–water partition coefficient (Wildman–Crippen LogP) is 7.28. The molecule has 0 spiro atoms. The number of hydrogen-bond acceptors (Lipinski definition) is 6. The van der Waals surface area contributed by atoms with Gasteiger partial charge in [0.05, 0.1) is 19.8 Å². The van der Waals surface area contributed by atoms with Gasteiger partial charge in [-0.15, -0.1) is 0 Å². The van der Waals surface area contributed by atoms with Gasteiger partial charge in [0.25, 0.3) is 0 Å². The molecule has 34 heavy (non-hydrogen) atoms. The van der Waals surface area contributed by atoms with Gasteiger partial charge >= 0.3 is 8.60 Å². The average Bonchev–Trinajstić information content (AvgIpc) is 2.78. The van der Waals surface area contributed by atoms with Crippen molar-refractivity contribution in [2.45, 2.75) is 117 Å². The summed E-state index contributed by atoms with van der Waals surface area (Å²) in [5, 5.41) is 0. The van der Waals surface area contributed by atoms with Gasteiger partial charge in [0.15, 0.2) is 0 Å². The molecule has 0 amide bonds. The van der Waals surface area contributed by atoms with Crippen molar-refractivity contribution < 1.29 is 23.5 Å². The van der Waals surface area contributed by atoms with Crippen molar-refractivity contribution in [1.29, 1.82) is 0 Å². The Kier molecular flexibility index (Phi) is 25.9. The summed E-state index contributed by atoms with van der Waals surface area (Å²) in [5.41, 5.74) is 0. The van der Waals surface area contributed by atoms with E-state index in [1.807, 2.05) is 19.0 Å². The van der Waals surface area contributed by atoms with Gasteiger partial charge in [-0.05, 0) is 27.4 Å². The SMILES string of the molecule is CCCCCCCCCCCCCCCCCOCC(COP(O)OCCN(C)C)CC(C)=O. The van der Waals surface area contributed by atoms with Crippen LogP contribution < -0.4 is 0 Å². The molecule has 0 aromatic heterocycles. The number of Topliss-reactive ketones (excluding diaryl/α,β-unsaturated/α-hetero) is 1. The van der Waals surface area contributed by atoms with Crippen molar-refractivity contribution in [2.75, 3.05) is 47.1 Å². The fourth-order valence-corrected chi connectivity index (χ4v) is 4.56. The highest BCUT2D eigenvalue weighted by molar-refractivity contribution is 7.40. The Morgan fingerprint density at radius 2 is 1.26 bits per heavy atom. The van der Waals surface area contributed by atoms with Crippen molar-refractivity contribution in [3.05, 3.63) is 0 Å². The summed E-state index contributed by atoms with van der Waals surface area (Å²) in [7, 11) is 1.99. The Balaban J connectivity index is 3.56. The van der Waals surface area contributed by atoms with Gasteiger partial charge in [-0.25, -0.2) is 0 Å². The molecule has 6 nitrogen and oxygen atoms in total. The van der Waals surface area contributed by atoms with Crippen LogP contribution in [0.5, 0.6) is 0 Å². The quantitative estimate of drug-likeness (QED) is 0.0934. The summed E-state index contributed by atoms with van der Waals surface area (Å²) in [5.74, 6) is 0.0726. The molecule has 0 saturated carbocycles. The zero-order valence-electron chi connectivity index (χ0n) is 22.9. The number of likely N-dealkylation sites (N-methyl/N-ethyl adjacent to an activating group) is 1. The molecule has 0 fully saturated rings. The van der Waals surface area contributed by atoms with Crippen molar-refractivity contribution in [3.63, 3.8) is 0 Å². The molecule has 1 N–H and O–H groups in total. The van der Waals surface area contributed by atoms with Gasteiger partial charge in [0.2, 0.25) is 0 Å². The topological polar surface area (TPSA) is 68.2 Å². The molecule has 0 aliphatic carbocycles. The smallest absolute Gasteiger partial charge is 0.329 e. The Bertz CT molecular complexity index is 439. The van der Waals surface area contributed by atoms with E-state index in [9.17, 15) is 9.69 Å². The van der Waals surface area contributed by atoms with Gasteiger partial charge in [0.1, 0.15) is 5.78 Å². The molecule has 0 bridgehead atoms. The molecule has 0 saturated heterocycles. The summed E-state index contributed by atoms with van der Waals surface area (Å²) in [4.78, 5) is 23.3. The van der Waals surface area contributed by atoms with Gasteiger partial charge in [-0.3, -0.25) is 0 Å². The number of carbonyl (C=O) groups is 1. The highest BCUT2D eigenvalue weighted by Gasteiger charge is 2.16. The number of carbonyl (C=O) groups excluding carboxylic acids is 1. The highest BCUT2D eigenvalue weighted by Crippen LogP contribution is 2.33. The first-order valence-corrected chi connectivity index (χ1v) is 15.1. The third-order valence-corrected chi connectivity index (χ3v) is 6.76. The molecule has 0 aromatic carbocycles. The Labute approximate surface area is 212 Å². The molecule has 0 aliphatic rings. The van der Waals surface area contributed by atoms with E-state index in [2.05, 4.69) is 6.92 Å². The lowest BCUT2D eigenvalue weighted by molar-refractivity contribution is -0.118. The first-order valence-electron chi connectivity index (χ1n) is 13.9. The van der Waals surface area contributed by atoms with Crippen LogP contribution in [0.4, 0.5) is 0 Å². The van der Waals surface area contributed by atoms with Gasteiger partial charge in [-0.2, -0.15) is 0 Å². The molecular formula is C27H56NO5P. The number of ketones is 1. The number of hydrogen-bond donors (Lipinski definition) is 1. The average molecular weight is 506 g/mol. The van der Waals surface area contributed by atoms with Crippen molar-refractivity contribution in [2.24, 2.45) is 5.92 Å². The maximum absolute atomic E-state index is 11.5. The largest absolute Gasteiger partial charge is 0.381 e. The van der Waals surface area contributed by atoms with E-state index in [0.29, 0.717) is 19.6 Å². The molecule has 0 aliphatic heterocycles. The number of nitrogens with zero attached hydrogens (tertiary/aromatic N) is 1. The standard InChI is InChI=1S/C27H56NO5P/c1-5-6-7-8-9-10-11-12-13-14-15-16-17-18-19-21-31-24-27(23-26(2)29)25-33-34(30)32-22-20-28(3)4/h27,30H,5-25H2,1-4H3. The fraction of sp³-hybridized carbons (Fsp3) is 0.963. The zero-order valence-corrected chi connectivity index (χ0v) is 23.8. The number of unbranched alkanes of at least 4 members (excludes halogenated alkanes) is 14.